The van der Waals surface area contributed by atoms with E-state index in [-0.39, 0.29) is 11.5 Å². The van der Waals surface area contributed by atoms with Crippen molar-refractivity contribution in [2.75, 3.05) is 0 Å². The van der Waals surface area contributed by atoms with Gasteiger partial charge in [-0.1, -0.05) is 0 Å². The molecule has 32 heavy (non-hydrogen) atoms. The van der Waals surface area contributed by atoms with E-state index >= 15 is 0 Å². The lowest BCUT2D eigenvalue weighted by Crippen LogP contribution is -2.32. The maximum Gasteiger partial charge on any atom is 0.434 e. The second kappa shape index (κ2) is 7.64. The van der Waals surface area contributed by atoms with E-state index in [1.165, 1.54) is 0 Å². The summed E-state index contributed by atoms with van der Waals surface area (Å²) >= 11 is 0. The molecular formula is C21H17F4N5O2. The first-order chi connectivity index (χ1) is 15.3. The summed E-state index contributed by atoms with van der Waals surface area (Å²) in [6, 6.07) is 1.03. The van der Waals surface area contributed by atoms with Gasteiger partial charge in [0.1, 0.15) is 17.1 Å². The van der Waals surface area contributed by atoms with Crippen LogP contribution >= 0.6 is 0 Å². The first-order valence-corrected chi connectivity index (χ1v) is 10.1. The third-order valence-corrected chi connectivity index (χ3v) is 5.52. The van der Waals surface area contributed by atoms with Crippen molar-refractivity contribution in [3.63, 3.8) is 0 Å². The first kappa shape index (κ1) is 20.5. The van der Waals surface area contributed by atoms with Crippen LogP contribution in [0, 0.1) is 5.82 Å². The Kier molecular flexibility index (Phi) is 4.90. The standard InChI is InChI=1S/C21H17F4N5O2/c22-12-7-27-14(10-4-5-10)6-11(12)20-30-18-13(2-1-3-16(18)32-20)29-19(31)15-8-26-9-17(28-15)21(23,24)25/h6-10,13H,1-5H2,(H,29,31). The molecule has 2 aliphatic rings. The zero-order valence-corrected chi connectivity index (χ0v) is 16.6. The van der Waals surface area contributed by atoms with Crippen LogP contribution in [0.15, 0.2) is 29.1 Å². The lowest BCUT2D eigenvalue weighted by Gasteiger charge is -2.21. The number of pyridine rings is 1. The second-order valence-corrected chi connectivity index (χ2v) is 7.90. The molecule has 1 saturated carbocycles. The molecule has 1 N–H and O–H groups in total. The van der Waals surface area contributed by atoms with Gasteiger partial charge in [-0.3, -0.25) is 14.8 Å². The molecule has 3 aromatic heterocycles. The Bertz CT molecular complexity index is 1190. The van der Waals surface area contributed by atoms with Crippen LogP contribution in [-0.4, -0.2) is 25.8 Å². The molecule has 11 heteroatoms. The van der Waals surface area contributed by atoms with E-state index in [0.717, 1.165) is 30.9 Å². The van der Waals surface area contributed by atoms with Gasteiger partial charge in [0.05, 0.1) is 30.2 Å². The van der Waals surface area contributed by atoms with Crippen LogP contribution in [0.1, 0.15) is 71.0 Å². The lowest BCUT2D eigenvalue weighted by atomic mass is 9.96. The Morgan fingerprint density at radius 1 is 1.12 bits per heavy atom. The highest BCUT2D eigenvalue weighted by atomic mass is 19.4. The van der Waals surface area contributed by atoms with E-state index < -0.39 is 35.3 Å². The van der Waals surface area contributed by atoms with Crippen LogP contribution in [-0.2, 0) is 12.6 Å². The molecule has 0 aromatic carbocycles. The van der Waals surface area contributed by atoms with Crippen LogP contribution in [0.4, 0.5) is 17.6 Å². The Hall–Kier alpha value is -3.37. The average Bonchev–Trinajstić information content (AvgIpc) is 3.52. The van der Waals surface area contributed by atoms with Crippen molar-refractivity contribution in [2.24, 2.45) is 0 Å². The highest BCUT2D eigenvalue weighted by Gasteiger charge is 2.34. The number of rotatable bonds is 4. The second-order valence-electron chi connectivity index (χ2n) is 7.90. The van der Waals surface area contributed by atoms with Gasteiger partial charge >= 0.3 is 6.18 Å². The zero-order valence-electron chi connectivity index (χ0n) is 16.6. The van der Waals surface area contributed by atoms with Gasteiger partial charge in [0, 0.05) is 18.0 Å². The van der Waals surface area contributed by atoms with Gasteiger partial charge in [-0.05, 0) is 31.7 Å². The third-order valence-electron chi connectivity index (χ3n) is 5.52. The topological polar surface area (TPSA) is 93.8 Å². The van der Waals surface area contributed by atoms with E-state index in [2.05, 4.69) is 25.3 Å². The smallest absolute Gasteiger partial charge is 0.434 e. The number of aromatic nitrogens is 4. The van der Waals surface area contributed by atoms with E-state index in [4.69, 9.17) is 4.42 Å². The van der Waals surface area contributed by atoms with Gasteiger partial charge in [-0.15, -0.1) is 0 Å². The highest BCUT2D eigenvalue weighted by Crippen LogP contribution is 2.41. The summed E-state index contributed by atoms with van der Waals surface area (Å²) in [5, 5.41) is 2.65. The lowest BCUT2D eigenvalue weighted by molar-refractivity contribution is -0.141. The van der Waals surface area contributed by atoms with Gasteiger partial charge in [-0.2, -0.15) is 13.2 Å². The van der Waals surface area contributed by atoms with E-state index in [1.807, 2.05) is 0 Å². The number of hydrogen-bond acceptors (Lipinski definition) is 6. The molecule has 0 saturated heterocycles. The van der Waals surface area contributed by atoms with Gasteiger partial charge in [-0.25, -0.2) is 14.4 Å². The number of amides is 1. The number of oxazole rings is 1. The molecule has 1 unspecified atom stereocenters. The van der Waals surface area contributed by atoms with Crippen molar-refractivity contribution in [1.82, 2.24) is 25.3 Å². The molecule has 0 aliphatic heterocycles. The van der Waals surface area contributed by atoms with Crippen LogP contribution in [0.25, 0.3) is 11.5 Å². The Morgan fingerprint density at radius 2 is 1.94 bits per heavy atom. The fraction of sp³-hybridized carbons (Fsp3) is 0.381. The molecule has 7 nitrogen and oxygen atoms in total. The van der Waals surface area contributed by atoms with Gasteiger partial charge in [0.25, 0.3) is 5.91 Å². The summed E-state index contributed by atoms with van der Waals surface area (Å²) in [4.78, 5) is 27.9. The monoisotopic (exact) mass is 447 g/mol. The number of hydrogen-bond donors (Lipinski definition) is 1. The molecule has 0 spiro atoms. The van der Waals surface area contributed by atoms with E-state index in [9.17, 15) is 22.4 Å². The van der Waals surface area contributed by atoms with Gasteiger partial charge in [0.2, 0.25) is 5.89 Å². The maximum absolute atomic E-state index is 14.4. The number of aryl methyl sites for hydroxylation is 1. The van der Waals surface area contributed by atoms with Gasteiger partial charge in [0.15, 0.2) is 11.5 Å². The summed E-state index contributed by atoms with van der Waals surface area (Å²) in [7, 11) is 0. The normalized spacial score (nSPS) is 18.3. The van der Waals surface area contributed by atoms with Gasteiger partial charge < -0.3 is 9.73 Å². The molecule has 5 rings (SSSR count). The number of alkyl halides is 3. The summed E-state index contributed by atoms with van der Waals surface area (Å²) in [6.07, 6.45) is 1.69. The van der Waals surface area contributed by atoms with Crippen molar-refractivity contribution in [3.8, 4) is 11.5 Å². The number of nitrogens with one attached hydrogen (secondary N) is 1. The molecule has 1 fully saturated rings. The van der Waals surface area contributed by atoms with Crippen LogP contribution in [0.5, 0.6) is 0 Å². The fourth-order valence-electron chi connectivity index (χ4n) is 3.74. The van der Waals surface area contributed by atoms with E-state index in [0.29, 0.717) is 42.8 Å². The molecule has 3 aromatic rings. The highest BCUT2D eigenvalue weighted by molar-refractivity contribution is 5.92. The van der Waals surface area contributed by atoms with Crippen LogP contribution < -0.4 is 5.32 Å². The summed E-state index contributed by atoms with van der Waals surface area (Å²) in [5.74, 6) is -0.447. The van der Waals surface area contributed by atoms with Crippen molar-refractivity contribution >= 4 is 5.91 Å². The number of nitrogens with zero attached hydrogens (tertiary/aromatic N) is 4. The number of halogens is 4. The van der Waals surface area contributed by atoms with Crippen molar-refractivity contribution in [2.45, 2.75) is 50.2 Å². The summed E-state index contributed by atoms with van der Waals surface area (Å²) in [5.41, 5.74) is -0.290. The molecule has 1 atom stereocenters. The minimum absolute atomic E-state index is 0.0943. The number of fused-ring (bicyclic) bond motifs is 1. The SMILES string of the molecule is O=C(NC1CCCc2oc(-c3cc(C4CC4)ncc3F)nc21)c1cncc(C(F)(F)F)n1. The van der Waals surface area contributed by atoms with Crippen LogP contribution in [0.2, 0.25) is 0 Å². The van der Waals surface area contributed by atoms with Crippen molar-refractivity contribution < 1.29 is 26.8 Å². The molecular weight excluding hydrogens is 430 g/mol. The summed E-state index contributed by atoms with van der Waals surface area (Å²) < 4.78 is 58.9. The maximum atomic E-state index is 14.4. The zero-order chi connectivity index (χ0) is 22.5. The quantitative estimate of drug-likeness (QED) is 0.597. The van der Waals surface area contributed by atoms with Crippen molar-refractivity contribution in [1.29, 1.82) is 0 Å². The minimum atomic E-state index is -4.71. The molecule has 1 amide bonds. The molecule has 2 aliphatic carbocycles. The minimum Gasteiger partial charge on any atom is -0.441 e. The Morgan fingerprint density at radius 3 is 2.69 bits per heavy atom. The van der Waals surface area contributed by atoms with Crippen molar-refractivity contribution in [3.05, 3.63) is 59.0 Å². The third kappa shape index (κ3) is 3.94. The largest absolute Gasteiger partial charge is 0.441 e. The van der Waals surface area contributed by atoms with Crippen LogP contribution in [0.3, 0.4) is 0 Å². The molecule has 3 heterocycles. The molecule has 0 bridgehead atoms. The number of carbonyl (C=O) groups is 1. The molecule has 166 valence electrons. The Labute approximate surface area is 179 Å². The van der Waals surface area contributed by atoms with E-state index in [1.54, 1.807) is 6.07 Å². The fourth-order valence-corrected chi connectivity index (χ4v) is 3.74. The average molecular weight is 447 g/mol. The first-order valence-electron chi connectivity index (χ1n) is 10.1. The number of carbonyl (C=O) groups excluding carboxylic acids is 1. The predicted octanol–water partition coefficient (Wildman–Crippen LogP) is 4.37. The summed E-state index contributed by atoms with van der Waals surface area (Å²) in [6.45, 7) is 0. The Balaban J connectivity index is 1.41. The molecule has 0 radical (unpaired) electrons. The predicted molar refractivity (Wildman–Crippen MR) is 102 cm³/mol.